The lowest BCUT2D eigenvalue weighted by Crippen LogP contribution is -2.29. The molecule has 0 atom stereocenters. The van der Waals surface area contributed by atoms with Gasteiger partial charge in [-0.15, -0.1) is 0 Å². The number of carbonyl (C=O) groups is 1. The third-order valence-electron chi connectivity index (χ3n) is 3.69. The van der Waals surface area contributed by atoms with E-state index in [1.165, 1.54) is 11.8 Å². The summed E-state index contributed by atoms with van der Waals surface area (Å²) >= 11 is 4.64. The van der Waals surface area contributed by atoms with Gasteiger partial charge in [0.15, 0.2) is 17.1 Å². The fourth-order valence-electron chi connectivity index (χ4n) is 2.45. The normalized spacial score (nSPS) is 12.3. The molecule has 0 radical (unpaired) electrons. The smallest absolute Gasteiger partial charge is 0.257 e. The molecule has 1 aliphatic rings. The zero-order valence-corrected chi connectivity index (χ0v) is 16.5. The van der Waals surface area contributed by atoms with Gasteiger partial charge in [-0.3, -0.25) is 4.79 Å². The van der Waals surface area contributed by atoms with Crippen molar-refractivity contribution < 1.29 is 23.4 Å². The molecule has 1 N–H and O–H groups in total. The van der Waals surface area contributed by atoms with Crippen LogP contribution in [-0.4, -0.2) is 36.6 Å². The third kappa shape index (κ3) is 4.48. The van der Waals surface area contributed by atoms with Crippen molar-refractivity contribution in [1.82, 2.24) is 10.3 Å². The van der Waals surface area contributed by atoms with Crippen LogP contribution in [0.2, 0.25) is 0 Å². The van der Waals surface area contributed by atoms with E-state index < -0.39 is 0 Å². The van der Waals surface area contributed by atoms with Crippen molar-refractivity contribution >= 4 is 44.7 Å². The van der Waals surface area contributed by atoms with Crippen molar-refractivity contribution in [2.24, 2.45) is 0 Å². The van der Waals surface area contributed by atoms with E-state index in [0.717, 1.165) is 9.99 Å². The number of carbonyl (C=O) groups excluding carboxylic acids is 1. The summed E-state index contributed by atoms with van der Waals surface area (Å²) in [5.41, 5.74) is 1.45. The van der Waals surface area contributed by atoms with Crippen molar-refractivity contribution in [2.45, 2.75) is 5.22 Å². The number of benzene rings is 2. The SMILES string of the molecule is O=C(CSc1nc2cc(Br)ccc2o1)NCCOc1ccc2c(c1)OCO2. The number of hydrogen-bond acceptors (Lipinski definition) is 7. The van der Waals surface area contributed by atoms with Gasteiger partial charge in [-0.1, -0.05) is 27.7 Å². The van der Waals surface area contributed by atoms with Gasteiger partial charge in [-0.25, -0.2) is 4.98 Å². The molecule has 7 nitrogen and oxygen atoms in total. The minimum absolute atomic E-state index is 0.113. The molecular formula is C18H15BrN2O5S. The van der Waals surface area contributed by atoms with E-state index in [1.807, 2.05) is 18.2 Å². The van der Waals surface area contributed by atoms with Crippen LogP contribution in [0.15, 0.2) is 50.5 Å². The molecule has 0 saturated heterocycles. The van der Waals surface area contributed by atoms with Crippen molar-refractivity contribution in [1.29, 1.82) is 0 Å². The summed E-state index contributed by atoms with van der Waals surface area (Å²) in [6, 6.07) is 11.0. The molecule has 2 aromatic carbocycles. The number of rotatable bonds is 7. The summed E-state index contributed by atoms with van der Waals surface area (Å²) < 4.78 is 22.7. The Morgan fingerprint density at radius 3 is 3.04 bits per heavy atom. The van der Waals surface area contributed by atoms with Gasteiger partial charge < -0.3 is 23.9 Å². The predicted octanol–water partition coefficient (Wildman–Crippen LogP) is 3.61. The van der Waals surface area contributed by atoms with E-state index in [1.54, 1.807) is 18.2 Å². The highest BCUT2D eigenvalue weighted by atomic mass is 79.9. The minimum Gasteiger partial charge on any atom is -0.492 e. The van der Waals surface area contributed by atoms with Gasteiger partial charge in [0.1, 0.15) is 17.9 Å². The molecule has 3 aromatic rings. The maximum absolute atomic E-state index is 11.9. The van der Waals surface area contributed by atoms with Crippen molar-refractivity contribution in [2.75, 3.05) is 25.7 Å². The lowest BCUT2D eigenvalue weighted by Gasteiger charge is -2.08. The molecule has 1 aromatic heterocycles. The Morgan fingerprint density at radius 2 is 2.11 bits per heavy atom. The number of nitrogens with one attached hydrogen (secondary N) is 1. The highest BCUT2D eigenvalue weighted by molar-refractivity contribution is 9.10. The summed E-state index contributed by atoms with van der Waals surface area (Å²) in [5.74, 6) is 2.15. The lowest BCUT2D eigenvalue weighted by molar-refractivity contribution is -0.118. The first kappa shape index (κ1) is 18.0. The molecule has 0 fully saturated rings. The Labute approximate surface area is 167 Å². The summed E-state index contributed by atoms with van der Waals surface area (Å²) in [5, 5.41) is 3.27. The average Bonchev–Trinajstić information content (AvgIpc) is 3.29. The second-order valence-electron chi connectivity index (χ2n) is 5.59. The standard InChI is InChI=1S/C18H15BrN2O5S/c19-11-1-3-14-13(7-11)21-18(26-14)27-9-17(22)20-5-6-23-12-2-4-15-16(8-12)25-10-24-15/h1-4,7-8H,5-6,9-10H2,(H,20,22). The largest absolute Gasteiger partial charge is 0.492 e. The first-order valence-electron chi connectivity index (χ1n) is 8.15. The minimum atomic E-state index is -0.113. The molecule has 4 rings (SSSR count). The number of halogens is 1. The van der Waals surface area contributed by atoms with Gasteiger partial charge in [0.25, 0.3) is 5.22 Å². The van der Waals surface area contributed by atoms with E-state index in [0.29, 0.717) is 41.2 Å². The summed E-state index contributed by atoms with van der Waals surface area (Å²) in [4.78, 5) is 16.3. The van der Waals surface area contributed by atoms with Gasteiger partial charge >= 0.3 is 0 Å². The molecule has 140 valence electrons. The van der Waals surface area contributed by atoms with Gasteiger partial charge in [0, 0.05) is 10.5 Å². The van der Waals surface area contributed by atoms with Gasteiger partial charge in [0.05, 0.1) is 12.3 Å². The molecule has 1 aliphatic heterocycles. The van der Waals surface area contributed by atoms with E-state index in [-0.39, 0.29) is 18.5 Å². The summed E-state index contributed by atoms with van der Waals surface area (Å²) in [6.07, 6.45) is 0. The molecule has 2 heterocycles. The van der Waals surface area contributed by atoms with Crippen LogP contribution in [0, 0.1) is 0 Å². The number of oxazole rings is 1. The predicted molar refractivity (Wildman–Crippen MR) is 104 cm³/mol. The van der Waals surface area contributed by atoms with Crippen molar-refractivity contribution in [3.63, 3.8) is 0 Å². The zero-order valence-electron chi connectivity index (χ0n) is 14.1. The molecular weight excluding hydrogens is 436 g/mol. The molecule has 0 bridgehead atoms. The van der Waals surface area contributed by atoms with E-state index in [2.05, 4.69) is 26.2 Å². The van der Waals surface area contributed by atoms with Crippen LogP contribution in [0.4, 0.5) is 0 Å². The molecule has 0 unspecified atom stereocenters. The van der Waals surface area contributed by atoms with Gasteiger partial charge in [0.2, 0.25) is 12.7 Å². The fourth-order valence-corrected chi connectivity index (χ4v) is 3.46. The first-order chi connectivity index (χ1) is 13.2. The van der Waals surface area contributed by atoms with Crippen LogP contribution in [0.1, 0.15) is 0 Å². The molecule has 27 heavy (non-hydrogen) atoms. The second-order valence-corrected chi connectivity index (χ2v) is 7.44. The number of ether oxygens (including phenoxy) is 3. The maximum atomic E-state index is 11.9. The van der Waals surface area contributed by atoms with Gasteiger partial charge in [-0.2, -0.15) is 0 Å². The van der Waals surface area contributed by atoms with Crippen molar-refractivity contribution in [3.8, 4) is 17.2 Å². The summed E-state index contributed by atoms with van der Waals surface area (Å²) in [7, 11) is 0. The summed E-state index contributed by atoms with van der Waals surface area (Å²) in [6.45, 7) is 0.977. The molecule has 0 spiro atoms. The quantitative estimate of drug-likeness (QED) is 0.434. The number of aromatic nitrogens is 1. The molecule has 0 saturated carbocycles. The monoisotopic (exact) mass is 450 g/mol. The van der Waals surface area contributed by atoms with Gasteiger partial charge in [-0.05, 0) is 30.3 Å². The lowest BCUT2D eigenvalue weighted by atomic mass is 10.3. The average molecular weight is 451 g/mol. The van der Waals surface area contributed by atoms with Crippen LogP contribution in [0.25, 0.3) is 11.1 Å². The van der Waals surface area contributed by atoms with Crippen LogP contribution in [0.5, 0.6) is 17.2 Å². The van der Waals surface area contributed by atoms with Crippen LogP contribution in [-0.2, 0) is 4.79 Å². The Morgan fingerprint density at radius 1 is 1.22 bits per heavy atom. The molecule has 1 amide bonds. The maximum Gasteiger partial charge on any atom is 0.257 e. The van der Waals surface area contributed by atoms with Crippen molar-refractivity contribution in [3.05, 3.63) is 40.9 Å². The molecule has 9 heteroatoms. The molecule has 0 aliphatic carbocycles. The van der Waals surface area contributed by atoms with Crippen LogP contribution in [0.3, 0.4) is 0 Å². The Bertz CT molecular complexity index is 978. The van der Waals surface area contributed by atoms with Crippen LogP contribution < -0.4 is 19.5 Å². The highest BCUT2D eigenvalue weighted by Crippen LogP contribution is 2.35. The third-order valence-corrected chi connectivity index (χ3v) is 5.02. The number of fused-ring (bicyclic) bond motifs is 2. The number of nitrogens with zero attached hydrogens (tertiary/aromatic N) is 1. The Hall–Kier alpha value is -2.39. The topological polar surface area (TPSA) is 82.8 Å². The Kier molecular flexibility index (Phi) is 5.40. The van der Waals surface area contributed by atoms with E-state index in [9.17, 15) is 4.79 Å². The Balaban J connectivity index is 1.19. The van der Waals surface area contributed by atoms with E-state index >= 15 is 0 Å². The number of hydrogen-bond donors (Lipinski definition) is 1. The number of thioether (sulfide) groups is 1. The fraction of sp³-hybridized carbons (Fsp3) is 0.222. The second kappa shape index (κ2) is 8.10. The highest BCUT2D eigenvalue weighted by Gasteiger charge is 2.14. The van der Waals surface area contributed by atoms with E-state index in [4.69, 9.17) is 18.6 Å². The number of amides is 1. The van der Waals surface area contributed by atoms with Crippen LogP contribution >= 0.6 is 27.7 Å². The zero-order chi connectivity index (χ0) is 18.6. The first-order valence-corrected chi connectivity index (χ1v) is 9.93.